The van der Waals surface area contributed by atoms with Gasteiger partial charge in [0.05, 0.1) is 0 Å². The van der Waals surface area contributed by atoms with Crippen LogP contribution in [-0.4, -0.2) is 13.6 Å². The van der Waals surface area contributed by atoms with Gasteiger partial charge in [0.15, 0.2) is 0 Å². The minimum Gasteiger partial charge on any atom is -0.316 e. The lowest BCUT2D eigenvalue weighted by Gasteiger charge is -2.09. The summed E-state index contributed by atoms with van der Waals surface area (Å²) in [6, 6.07) is 6.57. The third kappa shape index (κ3) is 3.31. The molecule has 0 bridgehead atoms. The lowest BCUT2D eigenvalue weighted by atomic mass is 10.0. The van der Waals surface area contributed by atoms with Crippen molar-refractivity contribution in [2.75, 3.05) is 13.6 Å². The number of hydrogen-bond donors (Lipinski definition) is 1. The fourth-order valence-electron chi connectivity index (χ4n) is 1.81. The van der Waals surface area contributed by atoms with E-state index in [2.05, 4.69) is 54.2 Å². The molecule has 0 spiro atoms. The molecule has 0 aromatic carbocycles. The quantitative estimate of drug-likeness (QED) is 0.832. The van der Waals surface area contributed by atoms with Crippen LogP contribution in [0.25, 0.3) is 16.5 Å². The Morgan fingerprint density at radius 2 is 2.22 bits per heavy atom. The number of nitrogens with one attached hydrogen (secondary N) is 1. The second-order valence-electron chi connectivity index (χ2n) is 4.62. The van der Waals surface area contributed by atoms with Gasteiger partial charge in [-0.25, -0.2) is 0 Å². The predicted molar refractivity (Wildman–Crippen MR) is 84.4 cm³/mol. The molecule has 96 valence electrons. The van der Waals surface area contributed by atoms with Crippen molar-refractivity contribution >= 4 is 28.7 Å². The van der Waals surface area contributed by atoms with E-state index < -0.39 is 0 Å². The van der Waals surface area contributed by atoms with E-state index in [0.29, 0.717) is 5.92 Å². The Bertz CT molecular complexity index is 506. The summed E-state index contributed by atoms with van der Waals surface area (Å²) in [7, 11) is 2.00. The van der Waals surface area contributed by atoms with Crippen molar-refractivity contribution in [3.63, 3.8) is 0 Å². The first-order valence-electron chi connectivity index (χ1n) is 6.18. The maximum absolute atomic E-state index is 3.24. The van der Waals surface area contributed by atoms with Crippen LogP contribution in [0.15, 0.2) is 34.5 Å². The average Bonchev–Trinajstić information content (AvgIpc) is 2.98. The van der Waals surface area contributed by atoms with E-state index in [1.54, 1.807) is 11.3 Å². The second kappa shape index (κ2) is 6.32. The zero-order chi connectivity index (χ0) is 13.0. The summed E-state index contributed by atoms with van der Waals surface area (Å²) >= 11 is 3.62. The molecule has 2 aromatic rings. The third-order valence-electron chi connectivity index (χ3n) is 2.88. The van der Waals surface area contributed by atoms with Crippen LogP contribution in [0.1, 0.15) is 18.7 Å². The minimum atomic E-state index is 0.588. The highest BCUT2D eigenvalue weighted by molar-refractivity contribution is 7.15. The van der Waals surface area contributed by atoms with Gasteiger partial charge in [0, 0.05) is 21.9 Å². The number of hydrogen-bond acceptors (Lipinski definition) is 3. The molecule has 0 aliphatic carbocycles. The summed E-state index contributed by atoms with van der Waals surface area (Å²) in [5, 5.41) is 7.62. The molecule has 0 saturated carbocycles. The first-order chi connectivity index (χ1) is 8.70. The van der Waals surface area contributed by atoms with Crippen molar-refractivity contribution < 1.29 is 0 Å². The van der Waals surface area contributed by atoms with E-state index in [1.165, 1.54) is 20.9 Å². The molecule has 0 amide bonds. The topological polar surface area (TPSA) is 12.0 Å². The molecule has 18 heavy (non-hydrogen) atoms. The molecule has 0 unspecified atom stereocenters. The summed E-state index contributed by atoms with van der Waals surface area (Å²) in [6.07, 6.45) is 2.32. The second-order valence-corrected chi connectivity index (χ2v) is 6.51. The molecular formula is C15H19NS2. The lowest BCUT2D eigenvalue weighted by molar-refractivity contribution is 0.713. The molecule has 0 aliphatic rings. The fraction of sp³-hybridized carbons (Fsp3) is 0.333. The van der Waals surface area contributed by atoms with E-state index >= 15 is 0 Å². The average molecular weight is 277 g/mol. The van der Waals surface area contributed by atoms with Gasteiger partial charge in [-0.2, -0.15) is 0 Å². The summed E-state index contributed by atoms with van der Waals surface area (Å²) < 4.78 is 0. The highest BCUT2D eigenvalue weighted by Gasteiger charge is 2.05. The molecule has 0 fully saturated rings. The van der Waals surface area contributed by atoms with Gasteiger partial charge in [-0.3, -0.25) is 0 Å². The number of rotatable bonds is 5. The van der Waals surface area contributed by atoms with Crippen LogP contribution in [0.3, 0.4) is 0 Å². The van der Waals surface area contributed by atoms with Gasteiger partial charge in [-0.05, 0) is 41.9 Å². The molecule has 0 atom stereocenters. The SMILES string of the molecule is CNCC(=Cc1cc(-c2cccs2)cs1)C(C)C. The van der Waals surface area contributed by atoms with Crippen molar-refractivity contribution in [1.29, 1.82) is 0 Å². The van der Waals surface area contributed by atoms with Crippen molar-refractivity contribution in [3.8, 4) is 10.4 Å². The van der Waals surface area contributed by atoms with E-state index in [-0.39, 0.29) is 0 Å². The van der Waals surface area contributed by atoms with Crippen molar-refractivity contribution in [1.82, 2.24) is 5.32 Å². The normalized spacial score (nSPS) is 12.3. The van der Waals surface area contributed by atoms with Crippen LogP contribution >= 0.6 is 22.7 Å². The van der Waals surface area contributed by atoms with E-state index in [1.807, 2.05) is 18.4 Å². The van der Waals surface area contributed by atoms with Gasteiger partial charge >= 0.3 is 0 Å². The maximum atomic E-state index is 3.24. The molecule has 1 N–H and O–H groups in total. The Morgan fingerprint density at radius 1 is 1.39 bits per heavy atom. The van der Waals surface area contributed by atoms with E-state index in [4.69, 9.17) is 0 Å². The van der Waals surface area contributed by atoms with Crippen LogP contribution in [-0.2, 0) is 0 Å². The Balaban J connectivity index is 2.21. The third-order valence-corrected chi connectivity index (χ3v) is 4.67. The Hall–Kier alpha value is -0.900. The Morgan fingerprint density at radius 3 is 2.83 bits per heavy atom. The van der Waals surface area contributed by atoms with Gasteiger partial charge in [0.1, 0.15) is 0 Å². The molecule has 3 heteroatoms. The first-order valence-corrected chi connectivity index (χ1v) is 7.94. The highest BCUT2D eigenvalue weighted by Crippen LogP contribution is 2.30. The van der Waals surface area contributed by atoms with Gasteiger partial charge in [-0.15, -0.1) is 22.7 Å². The molecule has 2 heterocycles. The van der Waals surface area contributed by atoms with Crippen molar-refractivity contribution in [2.45, 2.75) is 13.8 Å². The Labute approximate surface area is 117 Å². The van der Waals surface area contributed by atoms with Crippen LogP contribution in [0.2, 0.25) is 0 Å². The van der Waals surface area contributed by atoms with Gasteiger partial charge in [0.25, 0.3) is 0 Å². The van der Waals surface area contributed by atoms with Crippen molar-refractivity contribution in [3.05, 3.63) is 39.4 Å². The molecule has 2 aromatic heterocycles. The summed E-state index contributed by atoms with van der Waals surface area (Å²) in [5.41, 5.74) is 2.80. The molecule has 0 saturated heterocycles. The minimum absolute atomic E-state index is 0.588. The standard InChI is InChI=1S/C15H19NS2/c1-11(2)12(9-16-3)7-14-8-13(10-18-14)15-5-4-6-17-15/h4-8,10-11,16H,9H2,1-3H3. The summed E-state index contributed by atoms with van der Waals surface area (Å²) in [4.78, 5) is 2.70. The lowest BCUT2D eigenvalue weighted by Crippen LogP contribution is -2.13. The van der Waals surface area contributed by atoms with Crippen LogP contribution in [0, 0.1) is 5.92 Å². The molecule has 2 rings (SSSR count). The van der Waals surface area contributed by atoms with Gasteiger partial charge < -0.3 is 5.32 Å². The summed E-state index contributed by atoms with van der Waals surface area (Å²) in [5.74, 6) is 0.588. The Kier molecular flexibility index (Phi) is 4.75. The number of likely N-dealkylation sites (N-methyl/N-ethyl adjacent to an activating group) is 1. The smallest absolute Gasteiger partial charge is 0.0351 e. The van der Waals surface area contributed by atoms with E-state index in [0.717, 1.165) is 6.54 Å². The molecule has 1 nitrogen and oxygen atoms in total. The molecule has 0 radical (unpaired) electrons. The first kappa shape index (κ1) is 13.5. The zero-order valence-corrected chi connectivity index (χ0v) is 12.7. The predicted octanol–water partition coefficient (Wildman–Crippen LogP) is 4.74. The summed E-state index contributed by atoms with van der Waals surface area (Å²) in [6.45, 7) is 5.46. The molecular weight excluding hydrogens is 258 g/mol. The van der Waals surface area contributed by atoms with Crippen LogP contribution in [0.5, 0.6) is 0 Å². The monoisotopic (exact) mass is 277 g/mol. The van der Waals surface area contributed by atoms with Crippen molar-refractivity contribution in [2.24, 2.45) is 5.92 Å². The van der Waals surface area contributed by atoms with Gasteiger partial charge in [-0.1, -0.05) is 25.5 Å². The van der Waals surface area contributed by atoms with Gasteiger partial charge in [0.2, 0.25) is 0 Å². The molecule has 0 aliphatic heterocycles. The van der Waals surface area contributed by atoms with E-state index in [9.17, 15) is 0 Å². The number of thiophene rings is 2. The maximum Gasteiger partial charge on any atom is 0.0351 e. The zero-order valence-electron chi connectivity index (χ0n) is 11.1. The largest absolute Gasteiger partial charge is 0.316 e. The van der Waals surface area contributed by atoms with Crippen LogP contribution < -0.4 is 5.32 Å². The van der Waals surface area contributed by atoms with Crippen LogP contribution in [0.4, 0.5) is 0 Å². The highest BCUT2D eigenvalue weighted by atomic mass is 32.1. The fourth-order valence-corrected chi connectivity index (χ4v) is 3.47.